The first kappa shape index (κ1) is 15.7. The zero-order valence-corrected chi connectivity index (χ0v) is 12.2. The summed E-state index contributed by atoms with van der Waals surface area (Å²) in [5.74, 6) is 0.722. The molecule has 0 spiro atoms. The lowest BCUT2D eigenvalue weighted by Crippen LogP contribution is -2.18. The molecule has 0 saturated heterocycles. The maximum Gasteiger partial charge on any atom is 0.278 e. The molecule has 106 valence electrons. The minimum atomic E-state index is -1.10. The molecule has 2 atom stereocenters. The smallest absolute Gasteiger partial charge is 0.278 e. The molecule has 0 fully saturated rings. The monoisotopic (exact) mass is 285 g/mol. The van der Waals surface area contributed by atoms with E-state index in [-0.39, 0.29) is 17.5 Å². The van der Waals surface area contributed by atoms with Crippen molar-refractivity contribution in [2.24, 2.45) is 5.73 Å². The van der Waals surface area contributed by atoms with Crippen LogP contribution in [0.1, 0.15) is 30.2 Å². The van der Waals surface area contributed by atoms with Gasteiger partial charge in [-0.2, -0.15) is 0 Å². The predicted molar refractivity (Wildman–Crippen MR) is 75.3 cm³/mol. The van der Waals surface area contributed by atoms with Gasteiger partial charge in [0.05, 0.1) is 16.4 Å². The van der Waals surface area contributed by atoms with Crippen LogP contribution in [-0.4, -0.2) is 25.9 Å². The first-order chi connectivity index (χ1) is 8.82. The summed E-state index contributed by atoms with van der Waals surface area (Å²) in [5, 5.41) is 11.0. The average Bonchev–Trinajstić information content (AvgIpc) is 2.30. The Balaban J connectivity index is 2.88. The summed E-state index contributed by atoms with van der Waals surface area (Å²) >= 11 is 0. The molecule has 0 aliphatic heterocycles. The third-order valence-electron chi connectivity index (χ3n) is 2.86. The van der Waals surface area contributed by atoms with Gasteiger partial charge in [0, 0.05) is 39.9 Å². The molecule has 7 heteroatoms. The van der Waals surface area contributed by atoms with Gasteiger partial charge in [-0.25, -0.2) is 0 Å². The molecule has 1 heterocycles. The number of hydrogen-bond acceptors (Lipinski definition) is 5. The van der Waals surface area contributed by atoms with Gasteiger partial charge in [-0.05, 0) is 27.2 Å². The quantitative estimate of drug-likeness (QED) is 0.632. The van der Waals surface area contributed by atoms with Crippen LogP contribution in [0, 0.1) is 24.0 Å². The van der Waals surface area contributed by atoms with Crippen molar-refractivity contribution in [1.29, 1.82) is 0 Å². The van der Waals surface area contributed by atoms with Crippen LogP contribution in [0.2, 0.25) is 0 Å². The number of nitro groups is 1. The molecule has 0 amide bonds. The van der Waals surface area contributed by atoms with Crippen LogP contribution in [0.4, 0.5) is 5.69 Å². The van der Waals surface area contributed by atoms with Gasteiger partial charge in [0.15, 0.2) is 0 Å². The summed E-state index contributed by atoms with van der Waals surface area (Å²) in [5.41, 5.74) is 7.22. The van der Waals surface area contributed by atoms with Gasteiger partial charge in [0.25, 0.3) is 5.69 Å². The molecule has 19 heavy (non-hydrogen) atoms. The normalized spacial score (nSPS) is 14.1. The topological polar surface area (TPSA) is 99.1 Å². The number of nitrogens with zero attached hydrogens (tertiary/aromatic N) is 2. The molecule has 2 N–H and O–H groups in total. The van der Waals surface area contributed by atoms with E-state index in [9.17, 15) is 14.3 Å². The van der Waals surface area contributed by atoms with Crippen molar-refractivity contribution < 1.29 is 9.13 Å². The Hall–Kier alpha value is -1.34. The van der Waals surface area contributed by atoms with Crippen molar-refractivity contribution in [3.63, 3.8) is 0 Å². The average molecular weight is 285 g/mol. The molecule has 0 radical (unpaired) electrons. The van der Waals surface area contributed by atoms with E-state index in [1.165, 1.54) is 6.20 Å². The second-order valence-electron chi connectivity index (χ2n) is 4.67. The molecule has 1 rings (SSSR count). The van der Waals surface area contributed by atoms with Crippen molar-refractivity contribution in [2.45, 2.75) is 39.0 Å². The van der Waals surface area contributed by atoms with Crippen molar-refractivity contribution in [3.05, 3.63) is 33.1 Å². The van der Waals surface area contributed by atoms with Gasteiger partial charge in [-0.15, -0.1) is 0 Å². The summed E-state index contributed by atoms with van der Waals surface area (Å²) in [6.45, 7) is 5.16. The number of rotatable bonds is 6. The Morgan fingerprint density at radius 2 is 2.16 bits per heavy atom. The summed E-state index contributed by atoms with van der Waals surface area (Å²) in [6.07, 6.45) is 2.13. The Labute approximate surface area is 115 Å². The molecule has 0 saturated carbocycles. The van der Waals surface area contributed by atoms with E-state index in [1.54, 1.807) is 13.8 Å². The highest BCUT2D eigenvalue weighted by molar-refractivity contribution is 7.84. The van der Waals surface area contributed by atoms with Gasteiger partial charge >= 0.3 is 0 Å². The van der Waals surface area contributed by atoms with Crippen LogP contribution >= 0.6 is 0 Å². The summed E-state index contributed by atoms with van der Waals surface area (Å²) in [7, 11) is -1.10. The maximum atomic E-state index is 11.9. The number of aromatic nitrogens is 1. The molecular formula is C12H19N3O3S. The lowest BCUT2D eigenvalue weighted by molar-refractivity contribution is -0.386. The van der Waals surface area contributed by atoms with Gasteiger partial charge in [0.2, 0.25) is 0 Å². The Morgan fingerprint density at radius 3 is 2.68 bits per heavy atom. The third kappa shape index (κ3) is 4.36. The zero-order chi connectivity index (χ0) is 14.6. The van der Waals surface area contributed by atoms with Crippen LogP contribution in [0.15, 0.2) is 6.20 Å². The van der Waals surface area contributed by atoms with E-state index in [2.05, 4.69) is 4.98 Å². The second kappa shape index (κ2) is 6.72. The first-order valence-electron chi connectivity index (χ1n) is 6.03. The number of pyridine rings is 1. The van der Waals surface area contributed by atoms with Crippen LogP contribution < -0.4 is 5.73 Å². The standard InChI is InChI=1S/C12H19N3O3S/c1-8-6-14-11(10(3)12(8)15(16)17)7-19(18)5-4-9(2)13/h6,9H,4-5,7,13H2,1-3H3. The molecule has 1 aromatic rings. The minimum absolute atomic E-state index is 0.00496. The minimum Gasteiger partial charge on any atom is -0.328 e. The van der Waals surface area contributed by atoms with Crippen molar-refractivity contribution in [2.75, 3.05) is 5.75 Å². The Bertz CT molecular complexity index is 503. The predicted octanol–water partition coefficient (Wildman–Crippen LogP) is 1.59. The number of aryl methyl sites for hydroxylation is 1. The molecule has 0 aromatic carbocycles. The third-order valence-corrected chi connectivity index (χ3v) is 4.14. The van der Waals surface area contributed by atoms with Crippen LogP contribution in [0.5, 0.6) is 0 Å². The molecule has 0 bridgehead atoms. The summed E-state index contributed by atoms with van der Waals surface area (Å²) < 4.78 is 11.9. The molecule has 0 aliphatic rings. The molecule has 0 aliphatic carbocycles. The maximum absolute atomic E-state index is 11.9. The first-order valence-corrected chi connectivity index (χ1v) is 7.51. The summed E-state index contributed by atoms with van der Waals surface area (Å²) in [6, 6.07) is 0.00496. The summed E-state index contributed by atoms with van der Waals surface area (Å²) in [4.78, 5) is 14.7. The number of hydrogen-bond donors (Lipinski definition) is 1. The van der Waals surface area contributed by atoms with Crippen molar-refractivity contribution >= 4 is 16.5 Å². The van der Waals surface area contributed by atoms with E-state index in [1.807, 2.05) is 6.92 Å². The van der Waals surface area contributed by atoms with E-state index >= 15 is 0 Å². The Kier molecular flexibility index (Phi) is 5.56. The van der Waals surface area contributed by atoms with Gasteiger partial charge < -0.3 is 5.73 Å². The fourth-order valence-electron chi connectivity index (χ4n) is 1.73. The van der Waals surface area contributed by atoms with Crippen LogP contribution in [-0.2, 0) is 16.6 Å². The van der Waals surface area contributed by atoms with E-state index in [4.69, 9.17) is 5.73 Å². The Morgan fingerprint density at radius 1 is 1.53 bits per heavy atom. The van der Waals surface area contributed by atoms with E-state index < -0.39 is 15.7 Å². The van der Waals surface area contributed by atoms with Gasteiger partial charge in [-0.1, -0.05) is 0 Å². The SMILES string of the molecule is Cc1cnc(CS(=O)CCC(C)N)c(C)c1[N+](=O)[O-]. The lowest BCUT2D eigenvalue weighted by Gasteiger charge is -2.08. The molecule has 2 unspecified atom stereocenters. The van der Waals surface area contributed by atoms with Crippen molar-refractivity contribution in [3.8, 4) is 0 Å². The highest BCUT2D eigenvalue weighted by atomic mass is 32.2. The second-order valence-corrected chi connectivity index (χ2v) is 6.25. The van der Waals surface area contributed by atoms with Crippen molar-refractivity contribution in [1.82, 2.24) is 4.98 Å². The van der Waals surface area contributed by atoms with E-state index in [0.29, 0.717) is 29.0 Å². The largest absolute Gasteiger partial charge is 0.328 e. The molecule has 1 aromatic heterocycles. The van der Waals surface area contributed by atoms with Crippen LogP contribution in [0.3, 0.4) is 0 Å². The van der Waals surface area contributed by atoms with Crippen LogP contribution in [0.25, 0.3) is 0 Å². The number of nitrogens with two attached hydrogens (primary N) is 1. The van der Waals surface area contributed by atoms with Gasteiger partial charge in [0.1, 0.15) is 0 Å². The fourth-order valence-corrected chi connectivity index (χ4v) is 3.11. The zero-order valence-electron chi connectivity index (χ0n) is 11.4. The van der Waals surface area contributed by atoms with E-state index in [0.717, 1.165) is 0 Å². The highest BCUT2D eigenvalue weighted by Gasteiger charge is 2.19. The highest BCUT2D eigenvalue weighted by Crippen LogP contribution is 2.24. The lowest BCUT2D eigenvalue weighted by atomic mass is 10.1. The van der Waals surface area contributed by atoms with Gasteiger partial charge in [-0.3, -0.25) is 19.3 Å². The fraction of sp³-hybridized carbons (Fsp3) is 0.583. The molecular weight excluding hydrogens is 266 g/mol. The molecule has 6 nitrogen and oxygen atoms in total.